The lowest BCUT2D eigenvalue weighted by molar-refractivity contribution is -0.143. The summed E-state index contributed by atoms with van der Waals surface area (Å²) in [6.45, 7) is 5.91. The van der Waals surface area contributed by atoms with Crippen molar-refractivity contribution in [3.8, 4) is 0 Å². The van der Waals surface area contributed by atoms with Crippen molar-refractivity contribution < 1.29 is 18.4 Å². The molecule has 0 N–H and O–H groups in total. The van der Waals surface area contributed by atoms with E-state index in [0.29, 0.717) is 29.4 Å². The number of hydrogen-bond acceptors (Lipinski definition) is 4. The second-order valence-corrected chi connectivity index (χ2v) is 8.49. The number of fused-ring (bicyclic) bond motifs is 1. The Morgan fingerprint density at radius 2 is 1.71 bits per heavy atom. The Hall–Kier alpha value is -3.48. The minimum absolute atomic E-state index is 0.0136. The van der Waals surface area contributed by atoms with Gasteiger partial charge in [-0.05, 0) is 49.6 Å². The lowest BCUT2D eigenvalue weighted by Gasteiger charge is -2.31. The van der Waals surface area contributed by atoms with Crippen LogP contribution in [0.1, 0.15) is 51.2 Å². The summed E-state index contributed by atoms with van der Waals surface area (Å²) in [5.41, 5.74) is 1.32. The number of hydrogen-bond donors (Lipinski definition) is 0. The van der Waals surface area contributed by atoms with Gasteiger partial charge in [0.15, 0.2) is 5.43 Å². The summed E-state index contributed by atoms with van der Waals surface area (Å²) in [5, 5.41) is 0.438. The molecule has 3 aromatic rings. The van der Waals surface area contributed by atoms with Crippen molar-refractivity contribution in [1.29, 1.82) is 0 Å². The number of carbonyl (C=O) groups excluding carboxylic acids is 2. The molecule has 0 fully saturated rings. The van der Waals surface area contributed by atoms with E-state index >= 15 is 0 Å². The normalized spacial score (nSPS) is 11.9. The first-order chi connectivity index (χ1) is 16.3. The SMILES string of the molecule is CCCC(=O)N(CC(=O)N(Cc1ccc(F)cc1)Cc1coc2ccccc2c1=O)C(C)CC. The van der Waals surface area contributed by atoms with Crippen LogP contribution >= 0.6 is 0 Å². The zero-order valence-corrected chi connectivity index (χ0v) is 19.9. The number of carbonyl (C=O) groups is 2. The van der Waals surface area contributed by atoms with E-state index in [1.165, 1.54) is 23.3 Å². The number of halogens is 1. The Kier molecular flexibility index (Phi) is 8.57. The topological polar surface area (TPSA) is 70.8 Å². The molecular formula is C27H31FN2O4. The average Bonchev–Trinajstić information content (AvgIpc) is 2.84. The van der Waals surface area contributed by atoms with Crippen LogP contribution in [0.25, 0.3) is 11.0 Å². The third kappa shape index (κ3) is 6.10. The van der Waals surface area contributed by atoms with Crippen molar-refractivity contribution in [3.63, 3.8) is 0 Å². The molecule has 1 atom stereocenters. The van der Waals surface area contributed by atoms with Gasteiger partial charge >= 0.3 is 0 Å². The molecule has 2 amide bonds. The van der Waals surface area contributed by atoms with Crippen molar-refractivity contribution in [2.75, 3.05) is 6.54 Å². The third-order valence-electron chi connectivity index (χ3n) is 5.96. The maximum atomic E-state index is 13.5. The highest BCUT2D eigenvalue weighted by Crippen LogP contribution is 2.16. The minimum Gasteiger partial charge on any atom is -0.464 e. The molecule has 0 aliphatic rings. The van der Waals surface area contributed by atoms with E-state index in [4.69, 9.17) is 4.42 Å². The summed E-state index contributed by atoms with van der Waals surface area (Å²) < 4.78 is 19.0. The van der Waals surface area contributed by atoms with Crippen LogP contribution in [0.5, 0.6) is 0 Å². The van der Waals surface area contributed by atoms with Crippen LogP contribution in [0.4, 0.5) is 4.39 Å². The molecule has 0 bridgehead atoms. The molecule has 0 aliphatic heterocycles. The molecule has 7 heteroatoms. The first kappa shape index (κ1) is 25.1. The largest absolute Gasteiger partial charge is 0.464 e. The highest BCUT2D eigenvalue weighted by Gasteiger charge is 2.25. The van der Waals surface area contributed by atoms with Gasteiger partial charge in [0.1, 0.15) is 17.9 Å². The zero-order chi connectivity index (χ0) is 24.7. The number of rotatable bonds is 10. The van der Waals surface area contributed by atoms with Gasteiger partial charge in [-0.15, -0.1) is 0 Å². The summed E-state index contributed by atoms with van der Waals surface area (Å²) in [6.07, 6.45) is 3.15. The molecule has 3 rings (SSSR count). The first-order valence-corrected chi connectivity index (χ1v) is 11.6. The van der Waals surface area contributed by atoms with E-state index in [1.54, 1.807) is 41.3 Å². The van der Waals surface area contributed by atoms with Crippen LogP contribution < -0.4 is 5.43 Å². The molecule has 1 aromatic heterocycles. The van der Waals surface area contributed by atoms with E-state index in [2.05, 4.69) is 0 Å². The van der Waals surface area contributed by atoms with E-state index in [1.807, 2.05) is 20.8 Å². The summed E-state index contributed by atoms with van der Waals surface area (Å²) in [7, 11) is 0. The quantitative estimate of drug-likeness (QED) is 0.427. The van der Waals surface area contributed by atoms with Crippen LogP contribution in [-0.4, -0.2) is 34.2 Å². The summed E-state index contributed by atoms with van der Waals surface area (Å²) in [6, 6.07) is 12.7. The van der Waals surface area contributed by atoms with Gasteiger partial charge in [0, 0.05) is 19.0 Å². The van der Waals surface area contributed by atoms with Gasteiger partial charge in [0.2, 0.25) is 11.8 Å². The zero-order valence-electron chi connectivity index (χ0n) is 19.9. The van der Waals surface area contributed by atoms with Gasteiger partial charge in [0.25, 0.3) is 0 Å². The van der Waals surface area contributed by atoms with Crippen LogP contribution in [0, 0.1) is 5.82 Å². The number of para-hydroxylation sites is 1. The van der Waals surface area contributed by atoms with Gasteiger partial charge in [-0.25, -0.2) is 4.39 Å². The van der Waals surface area contributed by atoms with Crippen molar-refractivity contribution in [1.82, 2.24) is 9.80 Å². The number of amides is 2. The number of benzene rings is 2. The first-order valence-electron chi connectivity index (χ1n) is 11.6. The van der Waals surface area contributed by atoms with Gasteiger partial charge in [-0.3, -0.25) is 14.4 Å². The molecule has 6 nitrogen and oxygen atoms in total. The Labute approximate surface area is 199 Å². The molecule has 0 saturated carbocycles. The highest BCUT2D eigenvalue weighted by molar-refractivity contribution is 5.85. The number of nitrogens with zero attached hydrogens (tertiary/aromatic N) is 2. The molecule has 1 heterocycles. The summed E-state index contributed by atoms with van der Waals surface area (Å²) in [5.74, 6) is -0.733. The van der Waals surface area contributed by atoms with Crippen LogP contribution in [0.15, 0.2) is 64.0 Å². The van der Waals surface area contributed by atoms with E-state index in [-0.39, 0.29) is 48.7 Å². The molecule has 1 unspecified atom stereocenters. The van der Waals surface area contributed by atoms with Crippen LogP contribution in [-0.2, 0) is 22.7 Å². The predicted molar refractivity (Wildman–Crippen MR) is 130 cm³/mol. The van der Waals surface area contributed by atoms with E-state index in [9.17, 15) is 18.8 Å². The molecular weight excluding hydrogens is 435 g/mol. The van der Waals surface area contributed by atoms with Crippen LogP contribution in [0.2, 0.25) is 0 Å². The summed E-state index contributed by atoms with van der Waals surface area (Å²) in [4.78, 5) is 42.3. The van der Waals surface area contributed by atoms with Gasteiger partial charge in [-0.2, -0.15) is 0 Å². The maximum Gasteiger partial charge on any atom is 0.242 e. The lowest BCUT2D eigenvalue weighted by atomic mass is 10.1. The second-order valence-electron chi connectivity index (χ2n) is 8.49. The van der Waals surface area contributed by atoms with Crippen molar-refractivity contribution >= 4 is 22.8 Å². The monoisotopic (exact) mass is 466 g/mol. The molecule has 34 heavy (non-hydrogen) atoms. The highest BCUT2D eigenvalue weighted by atomic mass is 19.1. The van der Waals surface area contributed by atoms with E-state index in [0.717, 1.165) is 12.0 Å². The fraction of sp³-hybridized carbons (Fsp3) is 0.370. The molecule has 0 aliphatic carbocycles. The van der Waals surface area contributed by atoms with Gasteiger partial charge in [-0.1, -0.05) is 38.1 Å². The molecule has 0 spiro atoms. The maximum absolute atomic E-state index is 13.5. The molecule has 2 aromatic carbocycles. The summed E-state index contributed by atoms with van der Waals surface area (Å²) >= 11 is 0. The van der Waals surface area contributed by atoms with E-state index < -0.39 is 0 Å². The Morgan fingerprint density at radius 3 is 2.38 bits per heavy atom. The molecule has 0 radical (unpaired) electrons. The molecule has 0 saturated heterocycles. The van der Waals surface area contributed by atoms with Crippen molar-refractivity contribution in [3.05, 3.63) is 82.0 Å². The Morgan fingerprint density at radius 1 is 1.00 bits per heavy atom. The van der Waals surface area contributed by atoms with Crippen molar-refractivity contribution in [2.24, 2.45) is 0 Å². The van der Waals surface area contributed by atoms with Gasteiger partial charge < -0.3 is 14.2 Å². The Bertz CT molecular complexity index is 1190. The molecule has 180 valence electrons. The fourth-order valence-corrected chi connectivity index (χ4v) is 3.79. The lowest BCUT2D eigenvalue weighted by Crippen LogP contribution is -2.46. The van der Waals surface area contributed by atoms with Crippen molar-refractivity contribution in [2.45, 2.75) is 59.2 Å². The minimum atomic E-state index is -0.370. The van der Waals surface area contributed by atoms with Crippen LogP contribution in [0.3, 0.4) is 0 Å². The second kappa shape index (κ2) is 11.6. The average molecular weight is 467 g/mol. The van der Waals surface area contributed by atoms with Gasteiger partial charge in [0.05, 0.1) is 23.8 Å². The predicted octanol–water partition coefficient (Wildman–Crippen LogP) is 4.89. The Balaban J connectivity index is 1.92. The third-order valence-corrected chi connectivity index (χ3v) is 5.96. The fourth-order valence-electron chi connectivity index (χ4n) is 3.79. The standard InChI is InChI=1S/C27H31FN2O4/c1-4-8-25(31)30(19(3)5-2)17-26(32)29(15-20-11-13-22(28)14-12-20)16-21-18-34-24-10-7-6-9-23(24)27(21)33/h6-7,9-14,18-19H,4-5,8,15-17H2,1-3H3. The smallest absolute Gasteiger partial charge is 0.242 e.